The van der Waals surface area contributed by atoms with E-state index >= 15 is 0 Å². The quantitative estimate of drug-likeness (QED) is 0.700. The largest absolute Gasteiger partial charge is 0.465 e. The minimum Gasteiger partial charge on any atom is -0.465 e. The number of carbonyl (C=O) groups is 3. The number of hydrogen-bond acceptors (Lipinski definition) is 4. The molecule has 0 aliphatic carbocycles. The summed E-state index contributed by atoms with van der Waals surface area (Å²) in [5.41, 5.74) is 0.919. The highest BCUT2D eigenvalue weighted by atomic mass is 16.5. The summed E-state index contributed by atoms with van der Waals surface area (Å²) in [4.78, 5) is 34.3. The highest BCUT2D eigenvalue weighted by molar-refractivity contribution is 5.95. The van der Waals surface area contributed by atoms with Crippen molar-refractivity contribution in [1.82, 2.24) is 10.6 Å². The van der Waals surface area contributed by atoms with Crippen LogP contribution in [0.2, 0.25) is 0 Å². The summed E-state index contributed by atoms with van der Waals surface area (Å²) < 4.78 is 4.57. The van der Waals surface area contributed by atoms with Crippen LogP contribution in [-0.4, -0.2) is 37.6 Å². The Kier molecular flexibility index (Phi) is 4.19. The summed E-state index contributed by atoms with van der Waals surface area (Å²) in [7, 11) is 1.30. The lowest BCUT2D eigenvalue weighted by Gasteiger charge is -2.11. The number of anilines is 1. The topological polar surface area (TPSA) is 96.5 Å². The summed E-state index contributed by atoms with van der Waals surface area (Å²) in [6, 6.07) is 5.30. The van der Waals surface area contributed by atoms with Gasteiger partial charge >= 0.3 is 12.0 Å². The molecule has 1 heterocycles. The van der Waals surface area contributed by atoms with Crippen LogP contribution in [0.1, 0.15) is 16.8 Å². The van der Waals surface area contributed by atoms with Crippen LogP contribution in [0, 0.1) is 0 Å². The zero-order valence-electron chi connectivity index (χ0n) is 10.9. The number of methoxy groups -OCH3 is 1. The van der Waals surface area contributed by atoms with E-state index in [-0.39, 0.29) is 5.91 Å². The predicted molar refractivity (Wildman–Crippen MR) is 71.4 cm³/mol. The molecule has 7 heteroatoms. The van der Waals surface area contributed by atoms with Crippen LogP contribution in [0.3, 0.4) is 0 Å². The van der Waals surface area contributed by atoms with Crippen molar-refractivity contribution in [1.29, 1.82) is 0 Å². The van der Waals surface area contributed by atoms with E-state index in [9.17, 15) is 14.4 Å². The Morgan fingerprint density at radius 2 is 2.00 bits per heavy atom. The Morgan fingerprint density at radius 3 is 2.55 bits per heavy atom. The number of ether oxygens (including phenoxy) is 1. The maximum atomic E-state index is 11.7. The van der Waals surface area contributed by atoms with E-state index in [1.807, 2.05) is 0 Å². The van der Waals surface area contributed by atoms with E-state index < -0.39 is 18.0 Å². The predicted octanol–water partition coefficient (Wildman–Crippen LogP) is 0.483. The molecule has 0 aromatic heterocycles. The van der Waals surface area contributed by atoms with Crippen molar-refractivity contribution >= 4 is 23.6 Å². The lowest BCUT2D eigenvalue weighted by atomic mass is 10.2. The Bertz CT molecular complexity index is 527. The first-order chi connectivity index (χ1) is 9.60. The highest BCUT2D eigenvalue weighted by Gasteiger charge is 2.25. The molecule has 1 atom stereocenters. The van der Waals surface area contributed by atoms with Crippen LogP contribution in [0.4, 0.5) is 10.5 Å². The van der Waals surface area contributed by atoms with Gasteiger partial charge in [-0.05, 0) is 30.7 Å². The summed E-state index contributed by atoms with van der Waals surface area (Å²) >= 11 is 0. The second kappa shape index (κ2) is 6.05. The van der Waals surface area contributed by atoms with Gasteiger partial charge in [-0.2, -0.15) is 0 Å². The van der Waals surface area contributed by atoms with Gasteiger partial charge in [-0.3, -0.25) is 4.79 Å². The third-order valence-corrected chi connectivity index (χ3v) is 2.92. The van der Waals surface area contributed by atoms with Crippen molar-refractivity contribution in [2.24, 2.45) is 0 Å². The molecule has 1 aliphatic heterocycles. The fourth-order valence-electron chi connectivity index (χ4n) is 1.86. The minimum atomic E-state index is -0.496. The number of hydrogen-bond donors (Lipinski definition) is 3. The van der Waals surface area contributed by atoms with Gasteiger partial charge in [0.1, 0.15) is 6.04 Å². The molecule has 3 N–H and O–H groups in total. The number of benzene rings is 1. The van der Waals surface area contributed by atoms with E-state index in [2.05, 4.69) is 20.7 Å². The number of esters is 1. The highest BCUT2D eigenvalue weighted by Crippen LogP contribution is 2.10. The van der Waals surface area contributed by atoms with Gasteiger partial charge in [-0.1, -0.05) is 0 Å². The van der Waals surface area contributed by atoms with E-state index in [1.165, 1.54) is 7.11 Å². The maximum absolute atomic E-state index is 11.7. The zero-order valence-corrected chi connectivity index (χ0v) is 10.9. The maximum Gasteiger partial charge on any atom is 0.337 e. The van der Waals surface area contributed by atoms with Crippen LogP contribution in [0.5, 0.6) is 0 Å². The Hall–Kier alpha value is -2.57. The Labute approximate surface area is 115 Å². The van der Waals surface area contributed by atoms with Crippen LogP contribution < -0.4 is 16.0 Å². The molecule has 0 bridgehead atoms. The average Bonchev–Trinajstić information content (AvgIpc) is 2.84. The lowest BCUT2D eigenvalue weighted by Crippen LogP contribution is -2.42. The molecular formula is C13H15N3O4. The van der Waals surface area contributed by atoms with Gasteiger partial charge in [0.05, 0.1) is 12.7 Å². The molecule has 106 valence electrons. The van der Waals surface area contributed by atoms with Crippen molar-refractivity contribution < 1.29 is 19.1 Å². The molecular weight excluding hydrogens is 262 g/mol. The summed E-state index contributed by atoms with van der Waals surface area (Å²) in [6.07, 6.45) is 0.577. The monoisotopic (exact) mass is 277 g/mol. The molecule has 3 amide bonds. The zero-order chi connectivity index (χ0) is 14.5. The van der Waals surface area contributed by atoms with Crippen LogP contribution >= 0.6 is 0 Å². The van der Waals surface area contributed by atoms with Gasteiger partial charge in [0.2, 0.25) is 5.91 Å². The Balaban J connectivity index is 1.91. The van der Waals surface area contributed by atoms with Gasteiger partial charge < -0.3 is 20.7 Å². The van der Waals surface area contributed by atoms with Gasteiger partial charge in [0.15, 0.2) is 0 Å². The van der Waals surface area contributed by atoms with Gasteiger partial charge in [-0.15, -0.1) is 0 Å². The molecule has 1 aromatic carbocycles. The van der Waals surface area contributed by atoms with E-state index in [0.29, 0.717) is 24.2 Å². The molecule has 1 fully saturated rings. The first kappa shape index (κ1) is 13.9. The summed E-state index contributed by atoms with van der Waals surface area (Å²) in [5, 5.41) is 7.80. The van der Waals surface area contributed by atoms with E-state index in [0.717, 1.165) is 0 Å². The number of amides is 3. The number of nitrogens with one attached hydrogen (secondary N) is 3. The summed E-state index contributed by atoms with van der Waals surface area (Å²) in [6.45, 7) is 0.567. The standard InChI is InChI=1S/C13H15N3O4/c1-20-12(18)8-2-4-9(5-3-8)15-13(19)16-10-6-7-14-11(10)17/h2-5,10H,6-7H2,1H3,(H,14,17)(H2,15,16,19)/t10-/m0/s1. The number of carbonyl (C=O) groups excluding carboxylic acids is 3. The second-order valence-electron chi connectivity index (χ2n) is 4.30. The molecule has 2 rings (SSSR count). The van der Waals surface area contributed by atoms with Gasteiger partial charge in [-0.25, -0.2) is 9.59 Å². The minimum absolute atomic E-state index is 0.179. The molecule has 7 nitrogen and oxygen atoms in total. The molecule has 0 radical (unpaired) electrons. The van der Waals surface area contributed by atoms with Crippen molar-refractivity contribution in [3.8, 4) is 0 Å². The smallest absolute Gasteiger partial charge is 0.337 e. The molecule has 0 unspecified atom stereocenters. The first-order valence-electron chi connectivity index (χ1n) is 6.14. The summed E-state index contributed by atoms with van der Waals surface area (Å²) in [5.74, 6) is -0.621. The molecule has 1 saturated heterocycles. The second-order valence-corrected chi connectivity index (χ2v) is 4.30. The van der Waals surface area contributed by atoms with Crippen molar-refractivity contribution in [2.45, 2.75) is 12.5 Å². The van der Waals surface area contributed by atoms with Crippen molar-refractivity contribution in [2.75, 3.05) is 19.0 Å². The number of urea groups is 1. The van der Waals surface area contributed by atoms with Crippen LogP contribution in [-0.2, 0) is 9.53 Å². The van der Waals surface area contributed by atoms with Gasteiger partial charge in [0.25, 0.3) is 0 Å². The normalized spacial score (nSPS) is 17.2. The average molecular weight is 277 g/mol. The van der Waals surface area contributed by atoms with Crippen LogP contribution in [0.15, 0.2) is 24.3 Å². The third kappa shape index (κ3) is 3.25. The lowest BCUT2D eigenvalue weighted by molar-refractivity contribution is -0.120. The van der Waals surface area contributed by atoms with Crippen molar-refractivity contribution in [3.05, 3.63) is 29.8 Å². The molecule has 1 aliphatic rings. The molecule has 0 saturated carbocycles. The first-order valence-corrected chi connectivity index (χ1v) is 6.14. The van der Waals surface area contributed by atoms with E-state index in [4.69, 9.17) is 0 Å². The fraction of sp³-hybridized carbons (Fsp3) is 0.308. The third-order valence-electron chi connectivity index (χ3n) is 2.92. The van der Waals surface area contributed by atoms with Gasteiger partial charge in [0, 0.05) is 12.2 Å². The number of rotatable bonds is 3. The van der Waals surface area contributed by atoms with E-state index in [1.54, 1.807) is 24.3 Å². The van der Waals surface area contributed by atoms with Crippen LogP contribution in [0.25, 0.3) is 0 Å². The molecule has 1 aromatic rings. The Morgan fingerprint density at radius 1 is 1.30 bits per heavy atom. The molecule has 20 heavy (non-hydrogen) atoms. The molecule has 0 spiro atoms. The SMILES string of the molecule is COC(=O)c1ccc(NC(=O)N[C@H]2CCNC2=O)cc1. The fourth-order valence-corrected chi connectivity index (χ4v) is 1.86. The van der Waals surface area contributed by atoms with Crippen molar-refractivity contribution in [3.63, 3.8) is 0 Å².